The van der Waals surface area contributed by atoms with Crippen LogP contribution in [0.15, 0.2) is 18.2 Å². The second-order valence-corrected chi connectivity index (χ2v) is 8.46. The van der Waals surface area contributed by atoms with E-state index in [4.69, 9.17) is 4.74 Å². The summed E-state index contributed by atoms with van der Waals surface area (Å²) < 4.78 is 5.61. The highest BCUT2D eigenvalue weighted by molar-refractivity contribution is 5.69. The molecule has 2 atom stereocenters. The first kappa shape index (κ1) is 17.1. The number of nitrogens with one attached hydrogen (secondary N) is 1. The van der Waals surface area contributed by atoms with E-state index in [1.807, 2.05) is 25.7 Å². The number of hydrogen-bond acceptors (Lipinski definition) is 3. The monoisotopic (exact) mass is 330 g/mol. The molecule has 0 saturated carbocycles. The molecule has 2 heterocycles. The molecule has 2 saturated heterocycles. The summed E-state index contributed by atoms with van der Waals surface area (Å²) in [5, 5.41) is 3.69. The Kier molecular flexibility index (Phi) is 4.50. The van der Waals surface area contributed by atoms with Crippen LogP contribution in [0.2, 0.25) is 0 Å². The van der Waals surface area contributed by atoms with Gasteiger partial charge in [-0.2, -0.15) is 0 Å². The van der Waals surface area contributed by atoms with E-state index in [1.165, 1.54) is 16.8 Å². The zero-order valence-electron chi connectivity index (χ0n) is 15.6. The van der Waals surface area contributed by atoms with Crippen LogP contribution in [-0.4, -0.2) is 34.7 Å². The number of fused-ring (bicyclic) bond motifs is 2. The number of amides is 1. The third kappa shape index (κ3) is 3.85. The quantitative estimate of drug-likeness (QED) is 0.858. The van der Waals surface area contributed by atoms with Crippen LogP contribution in [0.1, 0.15) is 57.6 Å². The van der Waals surface area contributed by atoms with Crippen molar-refractivity contribution in [3.05, 3.63) is 29.3 Å². The minimum atomic E-state index is -0.426. The zero-order chi connectivity index (χ0) is 17.5. The van der Waals surface area contributed by atoms with Gasteiger partial charge in [0.05, 0.1) is 0 Å². The van der Waals surface area contributed by atoms with Gasteiger partial charge in [-0.15, -0.1) is 0 Å². The summed E-state index contributed by atoms with van der Waals surface area (Å²) >= 11 is 0. The van der Waals surface area contributed by atoms with Crippen LogP contribution >= 0.6 is 0 Å². The number of benzene rings is 1. The van der Waals surface area contributed by atoms with Crippen molar-refractivity contribution in [3.63, 3.8) is 0 Å². The smallest absolute Gasteiger partial charge is 0.410 e. The first-order chi connectivity index (χ1) is 11.2. The van der Waals surface area contributed by atoms with Crippen LogP contribution < -0.4 is 5.32 Å². The fraction of sp³-hybridized carbons (Fsp3) is 0.650. The van der Waals surface area contributed by atoms with Gasteiger partial charge in [-0.1, -0.05) is 6.07 Å². The van der Waals surface area contributed by atoms with Crippen molar-refractivity contribution in [2.75, 3.05) is 5.32 Å². The number of anilines is 1. The van der Waals surface area contributed by atoms with Crippen molar-refractivity contribution >= 4 is 11.8 Å². The maximum atomic E-state index is 12.5. The van der Waals surface area contributed by atoms with E-state index in [-0.39, 0.29) is 6.09 Å². The van der Waals surface area contributed by atoms with Crippen molar-refractivity contribution in [2.24, 2.45) is 0 Å². The van der Waals surface area contributed by atoms with E-state index in [0.29, 0.717) is 18.1 Å². The molecular formula is C20H30N2O2. The summed E-state index contributed by atoms with van der Waals surface area (Å²) in [7, 11) is 0. The van der Waals surface area contributed by atoms with Crippen molar-refractivity contribution < 1.29 is 9.53 Å². The Bertz CT molecular complexity index is 586. The maximum absolute atomic E-state index is 12.5. The van der Waals surface area contributed by atoms with Gasteiger partial charge < -0.3 is 15.0 Å². The molecule has 4 nitrogen and oxygen atoms in total. The molecule has 1 aromatic rings. The summed E-state index contributed by atoms with van der Waals surface area (Å²) in [5.74, 6) is 0. The number of ether oxygens (including phenoxy) is 1. The van der Waals surface area contributed by atoms with Gasteiger partial charge >= 0.3 is 6.09 Å². The van der Waals surface area contributed by atoms with E-state index in [1.54, 1.807) is 0 Å². The van der Waals surface area contributed by atoms with Crippen LogP contribution in [0, 0.1) is 13.8 Å². The molecule has 4 heteroatoms. The van der Waals surface area contributed by atoms with Crippen molar-refractivity contribution in [1.29, 1.82) is 0 Å². The standard InChI is InChI=1S/C20H30N2O2/c1-13-8-14(2)10-15(9-13)21-16-11-17-6-7-18(12-16)22(17)19(23)24-20(3,4)5/h8-10,16-18,21H,6-7,11-12H2,1-5H3. The Labute approximate surface area is 145 Å². The number of nitrogens with zero attached hydrogens (tertiary/aromatic N) is 1. The molecular weight excluding hydrogens is 300 g/mol. The molecule has 3 rings (SSSR count). The number of piperidine rings is 1. The Morgan fingerprint density at radius 3 is 2.12 bits per heavy atom. The Morgan fingerprint density at radius 1 is 1.08 bits per heavy atom. The van der Waals surface area contributed by atoms with E-state index < -0.39 is 5.60 Å². The summed E-state index contributed by atoms with van der Waals surface area (Å²) in [6.45, 7) is 10.1. The van der Waals surface area contributed by atoms with E-state index >= 15 is 0 Å². The molecule has 0 spiro atoms. The molecule has 0 radical (unpaired) electrons. The first-order valence-electron chi connectivity index (χ1n) is 9.07. The Hall–Kier alpha value is -1.71. The van der Waals surface area contributed by atoms with E-state index in [0.717, 1.165) is 25.7 Å². The highest BCUT2D eigenvalue weighted by Crippen LogP contribution is 2.38. The van der Waals surface area contributed by atoms with Crippen LogP contribution in [0.5, 0.6) is 0 Å². The van der Waals surface area contributed by atoms with Crippen molar-refractivity contribution in [3.8, 4) is 0 Å². The fourth-order valence-corrected chi connectivity index (χ4v) is 4.20. The van der Waals surface area contributed by atoms with Gasteiger partial charge in [0.25, 0.3) is 0 Å². The Morgan fingerprint density at radius 2 is 1.62 bits per heavy atom. The number of carbonyl (C=O) groups excluding carboxylic acids is 1. The second-order valence-electron chi connectivity index (χ2n) is 8.46. The highest BCUT2D eigenvalue weighted by atomic mass is 16.6. The van der Waals surface area contributed by atoms with Gasteiger partial charge in [0.15, 0.2) is 0 Å². The third-order valence-electron chi connectivity index (χ3n) is 4.93. The number of rotatable bonds is 2. The molecule has 1 aromatic carbocycles. The number of carbonyl (C=O) groups is 1. The summed E-state index contributed by atoms with van der Waals surface area (Å²) in [4.78, 5) is 14.5. The third-order valence-corrected chi connectivity index (χ3v) is 4.93. The first-order valence-corrected chi connectivity index (χ1v) is 9.07. The minimum Gasteiger partial charge on any atom is -0.444 e. The summed E-state index contributed by atoms with van der Waals surface area (Å²) in [6, 6.07) is 7.65. The van der Waals surface area contributed by atoms with Gasteiger partial charge in [-0.3, -0.25) is 0 Å². The highest BCUT2D eigenvalue weighted by Gasteiger charge is 2.44. The molecule has 1 N–H and O–H groups in total. The molecule has 1 amide bonds. The largest absolute Gasteiger partial charge is 0.444 e. The van der Waals surface area contributed by atoms with Gasteiger partial charge in [0.1, 0.15) is 5.60 Å². The summed E-state index contributed by atoms with van der Waals surface area (Å²) in [6.07, 6.45) is 4.05. The van der Waals surface area contributed by atoms with Crippen LogP contribution in [0.3, 0.4) is 0 Å². The van der Waals surface area contributed by atoms with Crippen molar-refractivity contribution in [1.82, 2.24) is 4.90 Å². The summed E-state index contributed by atoms with van der Waals surface area (Å²) in [5.41, 5.74) is 3.34. The molecule has 132 valence electrons. The Balaban J connectivity index is 1.65. The van der Waals surface area contributed by atoms with E-state index in [2.05, 4.69) is 37.4 Å². The number of aryl methyl sites for hydroxylation is 2. The predicted octanol–water partition coefficient (Wildman–Crippen LogP) is 4.65. The average molecular weight is 330 g/mol. The molecule has 2 fully saturated rings. The lowest BCUT2D eigenvalue weighted by Gasteiger charge is -2.40. The molecule has 2 aliphatic rings. The topological polar surface area (TPSA) is 41.6 Å². The number of hydrogen-bond donors (Lipinski definition) is 1. The molecule has 2 bridgehead atoms. The lowest BCUT2D eigenvalue weighted by molar-refractivity contribution is 0.00684. The zero-order valence-corrected chi connectivity index (χ0v) is 15.6. The van der Waals surface area contributed by atoms with Crippen LogP contribution in [-0.2, 0) is 4.74 Å². The van der Waals surface area contributed by atoms with Gasteiger partial charge in [0.2, 0.25) is 0 Å². The van der Waals surface area contributed by atoms with Crippen LogP contribution in [0.25, 0.3) is 0 Å². The SMILES string of the molecule is Cc1cc(C)cc(NC2CC3CCC(C2)N3C(=O)OC(C)(C)C)c1. The lowest BCUT2D eigenvalue weighted by Crippen LogP contribution is -2.51. The molecule has 0 aromatic heterocycles. The van der Waals surface area contributed by atoms with Crippen LogP contribution in [0.4, 0.5) is 10.5 Å². The van der Waals surface area contributed by atoms with E-state index in [9.17, 15) is 4.79 Å². The van der Waals surface area contributed by atoms with Gasteiger partial charge in [-0.25, -0.2) is 4.79 Å². The lowest BCUT2D eigenvalue weighted by atomic mass is 9.97. The van der Waals surface area contributed by atoms with Crippen molar-refractivity contribution in [2.45, 2.75) is 84.0 Å². The fourth-order valence-electron chi connectivity index (χ4n) is 4.20. The molecule has 24 heavy (non-hydrogen) atoms. The predicted molar refractivity (Wildman–Crippen MR) is 97.4 cm³/mol. The molecule has 2 aliphatic heterocycles. The van der Waals surface area contributed by atoms with Gasteiger partial charge in [-0.05, 0) is 83.6 Å². The maximum Gasteiger partial charge on any atom is 0.410 e. The van der Waals surface area contributed by atoms with Gasteiger partial charge in [0, 0.05) is 23.8 Å². The molecule has 2 unspecified atom stereocenters. The second kappa shape index (κ2) is 6.30. The normalized spacial score (nSPS) is 26.4. The molecule has 0 aliphatic carbocycles. The average Bonchev–Trinajstić information content (AvgIpc) is 2.68. The minimum absolute atomic E-state index is 0.139.